The average molecular weight is 239 g/mol. The zero-order valence-electron chi connectivity index (χ0n) is 10.7. The van der Waals surface area contributed by atoms with Crippen LogP contribution in [-0.4, -0.2) is 35.0 Å². The van der Waals surface area contributed by atoms with Crippen LogP contribution in [0.5, 0.6) is 0 Å². The van der Waals surface area contributed by atoms with Gasteiger partial charge in [-0.1, -0.05) is 0 Å². The first kappa shape index (κ1) is 11.9. The van der Waals surface area contributed by atoms with Crippen molar-refractivity contribution in [2.75, 3.05) is 13.2 Å². The van der Waals surface area contributed by atoms with Gasteiger partial charge in [-0.2, -0.15) is 0 Å². The summed E-state index contributed by atoms with van der Waals surface area (Å²) >= 11 is 0. The third-order valence-electron chi connectivity index (χ3n) is 5.29. The van der Waals surface area contributed by atoms with Gasteiger partial charge in [-0.15, -0.1) is 0 Å². The van der Waals surface area contributed by atoms with Crippen LogP contribution in [-0.2, 0) is 0 Å². The summed E-state index contributed by atoms with van der Waals surface area (Å²) in [5.74, 6) is 3.66. The Hall–Kier alpha value is -0.120. The largest absolute Gasteiger partial charge is 0.393 e. The fraction of sp³-hybridized carbons (Fsp3) is 1.00. The Balaban J connectivity index is 1.61. The second kappa shape index (κ2) is 4.22. The second-order valence-corrected chi connectivity index (χ2v) is 6.99. The fourth-order valence-electron chi connectivity index (χ4n) is 4.65. The molecule has 4 rings (SSSR count). The molecule has 0 radical (unpaired) electrons. The van der Waals surface area contributed by atoms with Gasteiger partial charge >= 0.3 is 0 Å². The zero-order valence-corrected chi connectivity index (χ0v) is 10.7. The van der Waals surface area contributed by atoms with E-state index in [4.69, 9.17) is 5.11 Å². The molecule has 3 N–H and O–H groups in total. The minimum Gasteiger partial charge on any atom is -0.393 e. The number of aliphatic hydroxyl groups is 2. The summed E-state index contributed by atoms with van der Waals surface area (Å²) < 4.78 is 0. The molecule has 0 saturated heterocycles. The van der Waals surface area contributed by atoms with E-state index >= 15 is 0 Å². The minimum absolute atomic E-state index is 0.159. The van der Waals surface area contributed by atoms with Gasteiger partial charge in [0.05, 0.1) is 12.2 Å². The fourth-order valence-corrected chi connectivity index (χ4v) is 4.65. The molecular formula is C14H25NO2. The van der Waals surface area contributed by atoms with E-state index in [2.05, 4.69) is 5.32 Å². The molecule has 0 amide bonds. The van der Waals surface area contributed by atoms with Crippen molar-refractivity contribution in [3.8, 4) is 0 Å². The van der Waals surface area contributed by atoms with E-state index in [1.54, 1.807) is 6.92 Å². The molecule has 0 aliphatic heterocycles. The number of hydrogen-bond donors (Lipinski definition) is 3. The Kier molecular flexibility index (Phi) is 2.96. The Morgan fingerprint density at radius 1 is 1.06 bits per heavy atom. The third kappa shape index (κ3) is 2.25. The molecule has 4 aliphatic rings. The number of nitrogens with one attached hydrogen (secondary N) is 1. The van der Waals surface area contributed by atoms with E-state index in [9.17, 15) is 5.11 Å². The summed E-state index contributed by atoms with van der Waals surface area (Å²) in [7, 11) is 0. The molecule has 3 heteroatoms. The van der Waals surface area contributed by atoms with Gasteiger partial charge in [0.25, 0.3) is 0 Å². The maximum Gasteiger partial charge on any atom is 0.0972 e. The minimum atomic E-state index is -0.964. The van der Waals surface area contributed by atoms with Gasteiger partial charge in [0.2, 0.25) is 0 Å². The van der Waals surface area contributed by atoms with Crippen molar-refractivity contribution in [2.24, 2.45) is 23.7 Å². The van der Waals surface area contributed by atoms with Crippen molar-refractivity contribution < 1.29 is 10.2 Å². The molecule has 3 nitrogen and oxygen atoms in total. The van der Waals surface area contributed by atoms with Gasteiger partial charge in [0, 0.05) is 12.6 Å². The molecular weight excluding hydrogens is 214 g/mol. The summed E-state index contributed by atoms with van der Waals surface area (Å²) in [5.41, 5.74) is -0.964. The van der Waals surface area contributed by atoms with Gasteiger partial charge in [0.1, 0.15) is 0 Å². The SMILES string of the molecule is CC(O)(CO)CNC1C2CC3CC(C2)CC1C3. The van der Waals surface area contributed by atoms with E-state index in [-0.39, 0.29) is 6.61 Å². The Morgan fingerprint density at radius 3 is 2.06 bits per heavy atom. The van der Waals surface area contributed by atoms with Crippen LogP contribution >= 0.6 is 0 Å². The quantitative estimate of drug-likeness (QED) is 0.689. The topological polar surface area (TPSA) is 52.5 Å². The molecule has 0 aromatic heterocycles. The first-order valence-corrected chi connectivity index (χ1v) is 7.14. The van der Waals surface area contributed by atoms with Crippen LogP contribution in [0.2, 0.25) is 0 Å². The number of hydrogen-bond acceptors (Lipinski definition) is 3. The summed E-state index contributed by atoms with van der Waals surface area (Å²) in [4.78, 5) is 0. The molecule has 98 valence electrons. The molecule has 17 heavy (non-hydrogen) atoms. The number of aliphatic hydroxyl groups excluding tert-OH is 1. The highest BCUT2D eigenvalue weighted by Crippen LogP contribution is 2.53. The molecule has 4 saturated carbocycles. The van der Waals surface area contributed by atoms with E-state index in [1.165, 1.54) is 32.1 Å². The second-order valence-electron chi connectivity index (χ2n) is 6.99. The van der Waals surface area contributed by atoms with Crippen LogP contribution < -0.4 is 5.32 Å². The molecule has 0 aromatic rings. The molecule has 1 atom stereocenters. The monoisotopic (exact) mass is 239 g/mol. The summed E-state index contributed by atoms with van der Waals surface area (Å²) in [6.45, 7) is 2.07. The molecule has 0 aromatic carbocycles. The van der Waals surface area contributed by atoms with Crippen LogP contribution in [0, 0.1) is 23.7 Å². The van der Waals surface area contributed by atoms with Gasteiger partial charge in [-0.3, -0.25) is 0 Å². The molecule has 1 unspecified atom stereocenters. The standard InChI is InChI=1S/C14H25NO2/c1-14(17,8-16)7-15-13-11-3-9-2-10(5-11)6-12(13)4-9/h9-13,15-17H,2-8H2,1H3. The number of rotatable bonds is 4. The van der Waals surface area contributed by atoms with Gasteiger partial charge in [-0.05, 0) is 62.7 Å². The predicted octanol–water partition coefficient (Wildman–Crippen LogP) is 1.14. The molecule has 0 heterocycles. The normalized spacial score (nSPS) is 47.1. The maximum absolute atomic E-state index is 9.87. The van der Waals surface area contributed by atoms with Gasteiger partial charge in [0.15, 0.2) is 0 Å². The van der Waals surface area contributed by atoms with Crippen LogP contribution in [0.3, 0.4) is 0 Å². The van der Waals surface area contributed by atoms with Gasteiger partial charge in [-0.25, -0.2) is 0 Å². The third-order valence-corrected chi connectivity index (χ3v) is 5.29. The van der Waals surface area contributed by atoms with Crippen LogP contribution in [0.15, 0.2) is 0 Å². The van der Waals surface area contributed by atoms with Crippen molar-refractivity contribution in [3.63, 3.8) is 0 Å². The Bertz CT molecular complexity index is 262. The van der Waals surface area contributed by atoms with E-state index in [0.29, 0.717) is 12.6 Å². The highest BCUT2D eigenvalue weighted by molar-refractivity contribution is 5.01. The van der Waals surface area contributed by atoms with Crippen molar-refractivity contribution in [2.45, 2.75) is 50.7 Å². The predicted molar refractivity (Wildman–Crippen MR) is 66.5 cm³/mol. The van der Waals surface area contributed by atoms with Crippen molar-refractivity contribution in [3.05, 3.63) is 0 Å². The molecule has 0 spiro atoms. The lowest BCUT2D eigenvalue weighted by Gasteiger charge is -2.55. The first-order valence-electron chi connectivity index (χ1n) is 7.14. The zero-order chi connectivity index (χ0) is 12.0. The van der Waals surface area contributed by atoms with Crippen molar-refractivity contribution in [1.82, 2.24) is 5.32 Å². The highest BCUT2D eigenvalue weighted by Gasteiger charge is 2.48. The lowest BCUT2D eigenvalue weighted by molar-refractivity contribution is -0.0365. The first-order chi connectivity index (χ1) is 8.07. The smallest absolute Gasteiger partial charge is 0.0972 e. The van der Waals surface area contributed by atoms with Crippen molar-refractivity contribution >= 4 is 0 Å². The van der Waals surface area contributed by atoms with E-state index < -0.39 is 5.60 Å². The molecule has 4 bridgehead atoms. The Morgan fingerprint density at radius 2 is 1.59 bits per heavy atom. The lowest BCUT2D eigenvalue weighted by Crippen LogP contribution is -2.57. The summed E-state index contributed by atoms with van der Waals surface area (Å²) in [6.07, 6.45) is 7.06. The lowest BCUT2D eigenvalue weighted by atomic mass is 9.54. The Labute approximate surface area is 104 Å². The summed E-state index contributed by atoms with van der Waals surface area (Å²) in [6, 6.07) is 0.598. The van der Waals surface area contributed by atoms with Crippen LogP contribution in [0.1, 0.15) is 39.0 Å². The summed E-state index contributed by atoms with van der Waals surface area (Å²) in [5, 5.41) is 22.5. The van der Waals surface area contributed by atoms with Gasteiger partial charge < -0.3 is 15.5 Å². The maximum atomic E-state index is 9.87. The average Bonchev–Trinajstić information content (AvgIpc) is 2.27. The molecule has 4 aliphatic carbocycles. The van der Waals surface area contributed by atoms with Crippen molar-refractivity contribution in [1.29, 1.82) is 0 Å². The van der Waals surface area contributed by atoms with E-state index in [0.717, 1.165) is 23.7 Å². The van der Waals surface area contributed by atoms with Crippen LogP contribution in [0.4, 0.5) is 0 Å². The highest BCUT2D eigenvalue weighted by atomic mass is 16.3. The van der Waals surface area contributed by atoms with Crippen LogP contribution in [0.25, 0.3) is 0 Å². The molecule has 4 fully saturated rings. The van der Waals surface area contributed by atoms with E-state index in [1.807, 2.05) is 0 Å².